The second kappa shape index (κ2) is 6.24. The van der Waals surface area contributed by atoms with Gasteiger partial charge in [-0.2, -0.15) is 0 Å². The second-order valence-electron chi connectivity index (χ2n) is 6.67. The molecule has 1 aromatic rings. The van der Waals surface area contributed by atoms with Crippen LogP contribution < -0.4 is 5.56 Å². The van der Waals surface area contributed by atoms with Crippen LogP contribution in [0.15, 0.2) is 29.2 Å². The number of amides is 1. The second-order valence-corrected chi connectivity index (χ2v) is 6.67. The van der Waals surface area contributed by atoms with Crippen LogP contribution in [0.3, 0.4) is 0 Å². The molecule has 5 nitrogen and oxygen atoms in total. The number of piperidine rings is 1. The molecule has 1 N–H and O–H groups in total. The molecule has 2 atom stereocenters. The van der Waals surface area contributed by atoms with Crippen molar-refractivity contribution in [3.05, 3.63) is 34.7 Å². The van der Waals surface area contributed by atoms with Gasteiger partial charge in [0.25, 0.3) is 5.56 Å². The average Bonchev–Trinajstić information content (AvgIpc) is 2.86. The Kier molecular flexibility index (Phi) is 4.34. The largest absolute Gasteiger partial charge is 0.392 e. The lowest BCUT2D eigenvalue weighted by atomic mass is 9.76. The van der Waals surface area contributed by atoms with Crippen LogP contribution in [0.25, 0.3) is 0 Å². The Labute approximate surface area is 130 Å². The Balaban J connectivity index is 1.60. The highest BCUT2D eigenvalue weighted by atomic mass is 16.3. The van der Waals surface area contributed by atoms with Gasteiger partial charge in [0, 0.05) is 43.7 Å². The van der Waals surface area contributed by atoms with Gasteiger partial charge in [-0.25, -0.2) is 0 Å². The maximum absolute atomic E-state index is 12.5. The number of hydrogen-bond acceptors (Lipinski definition) is 3. The molecule has 2 heterocycles. The van der Waals surface area contributed by atoms with E-state index in [0.29, 0.717) is 19.5 Å². The van der Waals surface area contributed by atoms with Crippen molar-refractivity contribution in [2.45, 2.75) is 51.2 Å². The van der Waals surface area contributed by atoms with E-state index in [2.05, 4.69) is 0 Å². The van der Waals surface area contributed by atoms with Gasteiger partial charge in [0.1, 0.15) is 0 Å². The van der Waals surface area contributed by atoms with Crippen molar-refractivity contribution >= 4 is 5.91 Å². The van der Waals surface area contributed by atoms with Crippen LogP contribution in [-0.2, 0) is 11.3 Å². The SMILES string of the molecule is O=C(CCn1ccccc1=O)N1CCC[C@]2(CCC[C@H]2O)C1. The van der Waals surface area contributed by atoms with E-state index in [1.54, 1.807) is 22.9 Å². The molecule has 0 radical (unpaired) electrons. The molecule has 5 heteroatoms. The highest BCUT2D eigenvalue weighted by Crippen LogP contribution is 2.45. The molecule has 1 saturated carbocycles. The van der Waals surface area contributed by atoms with Gasteiger partial charge < -0.3 is 14.6 Å². The molecule has 0 aromatic carbocycles. The van der Waals surface area contributed by atoms with Crippen molar-refractivity contribution in [1.29, 1.82) is 0 Å². The topological polar surface area (TPSA) is 62.5 Å². The lowest BCUT2D eigenvalue weighted by Crippen LogP contribution is -2.49. The number of aryl methyl sites for hydroxylation is 1. The molecule has 1 saturated heterocycles. The molecule has 0 unspecified atom stereocenters. The molecule has 2 fully saturated rings. The van der Waals surface area contributed by atoms with Crippen LogP contribution in [0.2, 0.25) is 0 Å². The Morgan fingerprint density at radius 2 is 2.14 bits per heavy atom. The van der Waals surface area contributed by atoms with Crippen LogP contribution in [0.1, 0.15) is 38.5 Å². The van der Waals surface area contributed by atoms with Crippen molar-refractivity contribution in [2.24, 2.45) is 5.41 Å². The van der Waals surface area contributed by atoms with Crippen molar-refractivity contribution < 1.29 is 9.90 Å². The zero-order chi connectivity index (χ0) is 15.6. The molecule has 3 rings (SSSR count). The fourth-order valence-corrected chi connectivity index (χ4v) is 3.99. The van der Waals surface area contributed by atoms with Crippen molar-refractivity contribution in [3.8, 4) is 0 Å². The molecular weight excluding hydrogens is 280 g/mol. The number of carbonyl (C=O) groups excluding carboxylic acids is 1. The molecule has 2 aliphatic rings. The van der Waals surface area contributed by atoms with Crippen LogP contribution in [-0.4, -0.2) is 39.7 Å². The number of pyridine rings is 1. The summed E-state index contributed by atoms with van der Waals surface area (Å²) in [4.78, 5) is 26.0. The molecule has 1 amide bonds. The van der Waals surface area contributed by atoms with Crippen molar-refractivity contribution in [2.75, 3.05) is 13.1 Å². The summed E-state index contributed by atoms with van der Waals surface area (Å²) >= 11 is 0. The minimum Gasteiger partial charge on any atom is -0.392 e. The van der Waals surface area contributed by atoms with Crippen LogP contribution in [0, 0.1) is 5.41 Å². The number of rotatable bonds is 3. The van der Waals surface area contributed by atoms with Crippen LogP contribution in [0.4, 0.5) is 0 Å². The first kappa shape index (κ1) is 15.3. The molecule has 0 bridgehead atoms. The predicted molar refractivity (Wildman–Crippen MR) is 83.4 cm³/mol. The molecule has 1 aromatic heterocycles. The summed E-state index contributed by atoms with van der Waals surface area (Å²) < 4.78 is 1.57. The van der Waals surface area contributed by atoms with E-state index in [0.717, 1.165) is 38.6 Å². The first-order chi connectivity index (χ1) is 10.6. The third-order valence-corrected chi connectivity index (χ3v) is 5.29. The number of aliphatic hydroxyl groups excluding tert-OH is 1. The summed E-state index contributed by atoms with van der Waals surface area (Å²) in [6, 6.07) is 5.02. The number of carbonyl (C=O) groups is 1. The van der Waals surface area contributed by atoms with Gasteiger partial charge in [-0.1, -0.05) is 12.5 Å². The average molecular weight is 304 g/mol. The van der Waals surface area contributed by atoms with Crippen LogP contribution in [0.5, 0.6) is 0 Å². The summed E-state index contributed by atoms with van der Waals surface area (Å²) in [6.07, 6.45) is 6.73. The van der Waals surface area contributed by atoms with Gasteiger partial charge in [0.05, 0.1) is 6.10 Å². The van der Waals surface area contributed by atoms with E-state index >= 15 is 0 Å². The zero-order valence-electron chi connectivity index (χ0n) is 12.9. The normalized spacial score (nSPS) is 28.2. The van der Waals surface area contributed by atoms with E-state index in [9.17, 15) is 14.7 Å². The Bertz CT molecular complexity index is 598. The maximum atomic E-state index is 12.5. The van der Waals surface area contributed by atoms with Crippen molar-refractivity contribution in [3.63, 3.8) is 0 Å². The summed E-state index contributed by atoms with van der Waals surface area (Å²) in [5.41, 5.74) is -0.144. The van der Waals surface area contributed by atoms with E-state index in [1.807, 2.05) is 4.90 Å². The Morgan fingerprint density at radius 1 is 1.32 bits per heavy atom. The van der Waals surface area contributed by atoms with Gasteiger partial charge in [0.15, 0.2) is 0 Å². The molecule has 1 aliphatic heterocycles. The highest BCUT2D eigenvalue weighted by Gasteiger charge is 2.45. The third kappa shape index (κ3) is 2.95. The predicted octanol–water partition coefficient (Wildman–Crippen LogP) is 1.39. The molecule has 1 spiro atoms. The van der Waals surface area contributed by atoms with Gasteiger partial charge in [0.2, 0.25) is 5.91 Å². The van der Waals surface area contributed by atoms with E-state index in [4.69, 9.17) is 0 Å². The summed E-state index contributed by atoms with van der Waals surface area (Å²) in [6.45, 7) is 1.87. The lowest BCUT2D eigenvalue weighted by molar-refractivity contribution is -0.136. The summed E-state index contributed by atoms with van der Waals surface area (Å²) in [5.74, 6) is 0.0916. The summed E-state index contributed by atoms with van der Waals surface area (Å²) in [7, 11) is 0. The first-order valence-corrected chi connectivity index (χ1v) is 8.22. The number of aromatic nitrogens is 1. The fourth-order valence-electron chi connectivity index (χ4n) is 3.99. The standard InChI is InChI=1S/C17H24N2O3/c20-14-5-3-8-17(14)9-4-11-19(13-17)16(22)7-12-18-10-2-1-6-15(18)21/h1-2,6,10,14,20H,3-5,7-9,11-13H2/t14-,17-/m1/s1. The maximum Gasteiger partial charge on any atom is 0.250 e. The third-order valence-electron chi connectivity index (χ3n) is 5.29. The Hall–Kier alpha value is -1.62. The van der Waals surface area contributed by atoms with Gasteiger partial charge in [-0.15, -0.1) is 0 Å². The minimum atomic E-state index is -0.264. The number of nitrogens with zero attached hydrogens (tertiary/aromatic N) is 2. The number of hydrogen-bond donors (Lipinski definition) is 1. The van der Waals surface area contributed by atoms with Gasteiger partial charge >= 0.3 is 0 Å². The van der Waals surface area contributed by atoms with E-state index in [-0.39, 0.29) is 23.0 Å². The van der Waals surface area contributed by atoms with E-state index in [1.165, 1.54) is 6.07 Å². The minimum absolute atomic E-state index is 0.0719. The number of aliphatic hydroxyl groups is 1. The number of likely N-dealkylation sites (tertiary alicyclic amines) is 1. The zero-order valence-corrected chi connectivity index (χ0v) is 12.9. The van der Waals surface area contributed by atoms with Crippen LogP contribution >= 0.6 is 0 Å². The van der Waals surface area contributed by atoms with Gasteiger partial charge in [-0.05, 0) is 31.7 Å². The monoisotopic (exact) mass is 304 g/mol. The smallest absolute Gasteiger partial charge is 0.250 e. The fraction of sp³-hybridized carbons (Fsp3) is 0.647. The quantitative estimate of drug-likeness (QED) is 0.918. The van der Waals surface area contributed by atoms with Gasteiger partial charge in [-0.3, -0.25) is 9.59 Å². The van der Waals surface area contributed by atoms with E-state index < -0.39 is 0 Å². The lowest BCUT2D eigenvalue weighted by Gasteiger charge is -2.42. The highest BCUT2D eigenvalue weighted by molar-refractivity contribution is 5.76. The van der Waals surface area contributed by atoms with Crippen molar-refractivity contribution in [1.82, 2.24) is 9.47 Å². The molecule has 22 heavy (non-hydrogen) atoms. The molecule has 1 aliphatic carbocycles. The first-order valence-electron chi connectivity index (χ1n) is 8.22. The molecule has 120 valence electrons. The molecular formula is C17H24N2O3. The summed E-state index contributed by atoms with van der Waals surface area (Å²) in [5, 5.41) is 10.3. The Morgan fingerprint density at radius 3 is 2.86 bits per heavy atom.